The molecule has 0 bridgehead atoms. The lowest BCUT2D eigenvalue weighted by atomic mass is 9.79. The lowest BCUT2D eigenvalue weighted by Gasteiger charge is -2.49. The van der Waals surface area contributed by atoms with E-state index in [0.717, 1.165) is 19.5 Å². The first-order valence-corrected chi connectivity index (χ1v) is 9.09. The first-order chi connectivity index (χ1) is 9.82. The Labute approximate surface area is 151 Å². The van der Waals surface area contributed by atoms with E-state index in [1.807, 2.05) is 11.3 Å². The maximum absolute atomic E-state index is 4.83. The third-order valence-electron chi connectivity index (χ3n) is 4.88. The van der Waals surface area contributed by atoms with Crippen molar-refractivity contribution in [2.75, 3.05) is 19.6 Å². The zero-order valence-corrected chi connectivity index (χ0v) is 15.9. The highest BCUT2D eigenvalue weighted by molar-refractivity contribution is 7.09. The fourth-order valence-electron chi connectivity index (χ4n) is 3.78. The van der Waals surface area contributed by atoms with Gasteiger partial charge in [-0.2, -0.15) is 0 Å². The van der Waals surface area contributed by atoms with Crippen LogP contribution in [0.2, 0.25) is 0 Å². The summed E-state index contributed by atoms with van der Waals surface area (Å²) in [5.74, 6) is 0. The van der Waals surface area contributed by atoms with Crippen LogP contribution in [0.3, 0.4) is 0 Å². The fourth-order valence-corrected chi connectivity index (χ4v) is 4.67. The molecule has 22 heavy (non-hydrogen) atoms. The van der Waals surface area contributed by atoms with Crippen molar-refractivity contribution in [2.45, 2.75) is 64.0 Å². The van der Waals surface area contributed by atoms with Crippen LogP contribution < -0.4 is 5.32 Å². The van der Waals surface area contributed by atoms with Gasteiger partial charge in [0.1, 0.15) is 0 Å². The van der Waals surface area contributed by atoms with Gasteiger partial charge in [-0.1, -0.05) is 26.2 Å². The summed E-state index contributed by atoms with van der Waals surface area (Å²) >= 11 is 1.84. The summed E-state index contributed by atoms with van der Waals surface area (Å²) in [6, 6.07) is 0. The molecular formula is C16H29Cl2N3S. The SMILES string of the molecule is CCCc1nc(CN2CCNCC23CCCCC3)cs1.Cl.Cl. The van der Waals surface area contributed by atoms with Crippen LogP contribution in [-0.4, -0.2) is 35.1 Å². The van der Waals surface area contributed by atoms with Gasteiger partial charge in [0.05, 0.1) is 10.7 Å². The third kappa shape index (κ3) is 4.57. The summed E-state index contributed by atoms with van der Waals surface area (Å²) in [5.41, 5.74) is 1.72. The molecule has 2 fully saturated rings. The van der Waals surface area contributed by atoms with Crippen LogP contribution in [0.25, 0.3) is 0 Å². The molecule has 1 aromatic rings. The predicted octanol–water partition coefficient (Wildman–Crippen LogP) is 4.05. The van der Waals surface area contributed by atoms with E-state index in [2.05, 4.69) is 22.5 Å². The Bertz CT molecular complexity index is 425. The molecule has 1 saturated heterocycles. The van der Waals surface area contributed by atoms with Crippen LogP contribution in [-0.2, 0) is 13.0 Å². The minimum absolute atomic E-state index is 0. The zero-order chi connectivity index (χ0) is 13.8. The quantitative estimate of drug-likeness (QED) is 0.872. The van der Waals surface area contributed by atoms with Gasteiger partial charge in [-0.3, -0.25) is 4.90 Å². The maximum Gasteiger partial charge on any atom is 0.0928 e. The molecule has 2 heterocycles. The van der Waals surface area contributed by atoms with Gasteiger partial charge in [-0.25, -0.2) is 4.98 Å². The summed E-state index contributed by atoms with van der Waals surface area (Å²) < 4.78 is 0. The van der Waals surface area contributed by atoms with Crippen LogP contribution in [0.5, 0.6) is 0 Å². The van der Waals surface area contributed by atoms with Gasteiger partial charge in [0.15, 0.2) is 0 Å². The van der Waals surface area contributed by atoms with E-state index in [1.54, 1.807) is 0 Å². The van der Waals surface area contributed by atoms with E-state index in [0.29, 0.717) is 5.54 Å². The molecule has 0 unspecified atom stereocenters. The van der Waals surface area contributed by atoms with Crippen molar-refractivity contribution in [3.05, 3.63) is 16.1 Å². The number of piperazine rings is 1. The third-order valence-corrected chi connectivity index (χ3v) is 5.84. The van der Waals surface area contributed by atoms with Gasteiger partial charge in [0.25, 0.3) is 0 Å². The van der Waals surface area contributed by atoms with Crippen molar-refractivity contribution in [1.82, 2.24) is 15.2 Å². The lowest BCUT2D eigenvalue weighted by Crippen LogP contribution is -2.61. The van der Waals surface area contributed by atoms with Crippen molar-refractivity contribution < 1.29 is 0 Å². The number of thiazole rings is 1. The van der Waals surface area contributed by atoms with Gasteiger partial charge in [-0.15, -0.1) is 36.2 Å². The van der Waals surface area contributed by atoms with Crippen molar-refractivity contribution in [1.29, 1.82) is 0 Å². The number of hydrogen-bond acceptors (Lipinski definition) is 4. The summed E-state index contributed by atoms with van der Waals surface area (Å²) in [7, 11) is 0. The Kier molecular flexibility index (Phi) is 8.65. The maximum atomic E-state index is 4.83. The minimum atomic E-state index is 0. The number of halogens is 2. The molecule has 6 heteroatoms. The molecule has 3 nitrogen and oxygen atoms in total. The predicted molar refractivity (Wildman–Crippen MR) is 99.7 cm³/mol. The Morgan fingerprint density at radius 3 is 2.77 bits per heavy atom. The number of rotatable bonds is 4. The molecule has 1 aliphatic heterocycles. The smallest absolute Gasteiger partial charge is 0.0928 e. The highest BCUT2D eigenvalue weighted by Gasteiger charge is 2.39. The fraction of sp³-hybridized carbons (Fsp3) is 0.812. The molecular weight excluding hydrogens is 337 g/mol. The van der Waals surface area contributed by atoms with Crippen LogP contribution in [0.15, 0.2) is 5.38 Å². The highest BCUT2D eigenvalue weighted by atomic mass is 35.5. The number of hydrogen-bond donors (Lipinski definition) is 1. The monoisotopic (exact) mass is 365 g/mol. The van der Waals surface area contributed by atoms with Crippen LogP contribution in [0, 0.1) is 0 Å². The summed E-state index contributed by atoms with van der Waals surface area (Å²) in [5, 5.41) is 7.22. The molecule has 1 saturated carbocycles. The number of nitrogens with zero attached hydrogens (tertiary/aromatic N) is 2. The van der Waals surface area contributed by atoms with E-state index in [-0.39, 0.29) is 24.8 Å². The Hall–Kier alpha value is 0.130. The van der Waals surface area contributed by atoms with Crippen molar-refractivity contribution >= 4 is 36.2 Å². The average molecular weight is 366 g/mol. The lowest BCUT2D eigenvalue weighted by molar-refractivity contribution is 0.0200. The average Bonchev–Trinajstić information content (AvgIpc) is 2.91. The molecule has 0 radical (unpaired) electrons. The normalized spacial score (nSPS) is 21.1. The minimum Gasteiger partial charge on any atom is -0.314 e. The van der Waals surface area contributed by atoms with E-state index in [9.17, 15) is 0 Å². The van der Waals surface area contributed by atoms with Gasteiger partial charge >= 0.3 is 0 Å². The molecule has 0 amide bonds. The molecule has 1 aromatic heterocycles. The van der Waals surface area contributed by atoms with E-state index < -0.39 is 0 Å². The van der Waals surface area contributed by atoms with Crippen molar-refractivity contribution in [3.63, 3.8) is 0 Å². The van der Waals surface area contributed by atoms with Crippen LogP contribution in [0.4, 0.5) is 0 Å². The Morgan fingerprint density at radius 1 is 1.27 bits per heavy atom. The second-order valence-corrected chi connectivity index (χ2v) is 7.31. The highest BCUT2D eigenvalue weighted by Crippen LogP contribution is 2.35. The van der Waals surface area contributed by atoms with E-state index in [1.165, 1.54) is 62.3 Å². The zero-order valence-electron chi connectivity index (χ0n) is 13.5. The molecule has 0 atom stereocenters. The van der Waals surface area contributed by atoms with Crippen LogP contribution in [0.1, 0.15) is 56.2 Å². The van der Waals surface area contributed by atoms with Crippen molar-refractivity contribution in [2.24, 2.45) is 0 Å². The van der Waals surface area contributed by atoms with Gasteiger partial charge < -0.3 is 5.32 Å². The molecule has 1 aliphatic carbocycles. The number of aryl methyl sites for hydroxylation is 1. The van der Waals surface area contributed by atoms with Crippen molar-refractivity contribution in [3.8, 4) is 0 Å². The number of aromatic nitrogens is 1. The molecule has 3 rings (SSSR count). The molecule has 0 aromatic carbocycles. The first-order valence-electron chi connectivity index (χ1n) is 8.21. The standard InChI is InChI=1S/C16H27N3S.2ClH/c1-2-6-15-18-14(12-20-15)11-19-10-9-17-13-16(19)7-4-3-5-8-16;;/h12,17H,2-11,13H2,1H3;2*1H. The van der Waals surface area contributed by atoms with Crippen LogP contribution >= 0.6 is 36.2 Å². The molecule has 2 aliphatic rings. The number of nitrogens with one attached hydrogen (secondary N) is 1. The molecule has 128 valence electrons. The second-order valence-electron chi connectivity index (χ2n) is 6.37. The summed E-state index contributed by atoms with van der Waals surface area (Å²) in [6.07, 6.45) is 9.29. The summed E-state index contributed by atoms with van der Waals surface area (Å²) in [4.78, 5) is 7.56. The Balaban J connectivity index is 0.00000121. The second kappa shape index (κ2) is 9.43. The first kappa shape index (κ1) is 20.2. The van der Waals surface area contributed by atoms with Gasteiger partial charge in [0.2, 0.25) is 0 Å². The summed E-state index contributed by atoms with van der Waals surface area (Å²) in [6.45, 7) is 6.78. The topological polar surface area (TPSA) is 28.2 Å². The molecule has 1 spiro atoms. The van der Waals surface area contributed by atoms with Gasteiger partial charge in [-0.05, 0) is 25.7 Å². The Morgan fingerprint density at radius 2 is 2.05 bits per heavy atom. The van der Waals surface area contributed by atoms with E-state index in [4.69, 9.17) is 4.98 Å². The largest absolute Gasteiger partial charge is 0.314 e. The molecule has 1 N–H and O–H groups in total. The van der Waals surface area contributed by atoms with Gasteiger partial charge in [0, 0.05) is 37.1 Å². The van der Waals surface area contributed by atoms with E-state index >= 15 is 0 Å².